The van der Waals surface area contributed by atoms with Gasteiger partial charge in [0.15, 0.2) is 0 Å². The summed E-state index contributed by atoms with van der Waals surface area (Å²) in [5, 5.41) is 21.3. The number of rotatable bonds is 22. The van der Waals surface area contributed by atoms with E-state index in [1.807, 2.05) is 24.3 Å². The van der Waals surface area contributed by atoms with Gasteiger partial charge in [-0.25, -0.2) is 0 Å². The van der Waals surface area contributed by atoms with Gasteiger partial charge in [-0.3, -0.25) is 0 Å². The van der Waals surface area contributed by atoms with Gasteiger partial charge in [0, 0.05) is 0 Å². The molecule has 0 fully saturated rings. The Morgan fingerprint density at radius 2 is 0.683 bits per heavy atom. The largest absolute Gasteiger partial charge is 2.00 e. The second kappa shape index (κ2) is 27.2. The Bertz CT molecular complexity index is 817. The number of benzene rings is 2. The van der Waals surface area contributed by atoms with Crippen molar-refractivity contribution in [3.63, 3.8) is 0 Å². The maximum atomic E-state index is 10.6. The molecule has 0 saturated heterocycles. The zero-order chi connectivity index (χ0) is 29.3. The van der Waals surface area contributed by atoms with Crippen LogP contribution < -0.4 is 10.2 Å². The summed E-state index contributed by atoms with van der Waals surface area (Å²) in [7, 11) is 0. The van der Waals surface area contributed by atoms with Crippen LogP contribution in [0.5, 0.6) is 0 Å². The van der Waals surface area contributed by atoms with E-state index < -0.39 is 11.9 Å². The Balaban J connectivity index is 0.000000762. The van der Waals surface area contributed by atoms with Crippen molar-refractivity contribution in [1.82, 2.24) is 0 Å². The van der Waals surface area contributed by atoms with Crippen LogP contribution in [0.25, 0.3) is 0 Å². The van der Waals surface area contributed by atoms with Crippen LogP contribution in [-0.2, 0) is 12.8 Å². The molecule has 0 heterocycles. The van der Waals surface area contributed by atoms with Crippen molar-refractivity contribution in [2.24, 2.45) is 0 Å². The minimum absolute atomic E-state index is 0. The fourth-order valence-electron chi connectivity index (χ4n) is 4.89. The minimum atomic E-state index is -1.10. The summed E-state index contributed by atoms with van der Waals surface area (Å²) in [4.78, 5) is 21.3. The van der Waals surface area contributed by atoms with Gasteiger partial charge in [0.05, 0.1) is 11.9 Å². The first-order valence-electron chi connectivity index (χ1n) is 16.1. The molecule has 5 heteroatoms. The zero-order valence-electron chi connectivity index (χ0n) is 25.9. The van der Waals surface area contributed by atoms with E-state index in [0.717, 1.165) is 12.8 Å². The SMILES string of the molecule is CCCCCCCCCCCc1ccc(C(=O)[O-])cc1.CCCCCCCCCCCc1ccc(C(=O)[O-])cc1.[Pb+2]. The molecule has 0 amide bonds. The van der Waals surface area contributed by atoms with Crippen molar-refractivity contribution in [1.29, 1.82) is 0 Å². The van der Waals surface area contributed by atoms with Crippen molar-refractivity contribution < 1.29 is 19.8 Å². The number of aromatic carboxylic acids is 2. The summed E-state index contributed by atoms with van der Waals surface area (Å²) in [6, 6.07) is 14.1. The first kappa shape index (κ1) is 39.3. The van der Waals surface area contributed by atoms with Crippen LogP contribution in [0.3, 0.4) is 0 Å². The van der Waals surface area contributed by atoms with Crippen LogP contribution in [0.4, 0.5) is 0 Å². The quantitative estimate of drug-likeness (QED) is 0.0906. The Morgan fingerprint density at radius 3 is 0.927 bits per heavy atom. The molecule has 0 unspecified atom stereocenters. The second-order valence-corrected chi connectivity index (χ2v) is 11.1. The monoisotopic (exact) mass is 758 g/mol. The van der Waals surface area contributed by atoms with Crippen LogP contribution in [-0.4, -0.2) is 39.2 Å². The van der Waals surface area contributed by atoms with E-state index in [1.165, 1.54) is 127 Å². The predicted octanol–water partition coefficient (Wildman–Crippen LogP) is 7.87. The first-order chi connectivity index (χ1) is 19.5. The van der Waals surface area contributed by atoms with Gasteiger partial charge in [0.1, 0.15) is 0 Å². The molecule has 2 rings (SSSR count). The number of aryl methyl sites for hydroxylation is 2. The molecule has 0 aliphatic rings. The molecule has 0 N–H and O–H groups in total. The number of carbonyl (C=O) groups is 2. The van der Waals surface area contributed by atoms with Crippen LogP contribution in [0.15, 0.2) is 48.5 Å². The number of carbonyl (C=O) groups excluding carboxylic acids is 2. The third-order valence-electron chi connectivity index (χ3n) is 7.52. The minimum Gasteiger partial charge on any atom is -0.545 e. The molecule has 2 aromatic rings. The smallest absolute Gasteiger partial charge is 0.545 e. The number of carboxylic acid groups (broad SMARTS) is 2. The average molecular weight is 758 g/mol. The molecular weight excluding hydrogens is 704 g/mol. The number of unbranched alkanes of at least 4 members (excludes halogenated alkanes) is 16. The molecule has 226 valence electrons. The summed E-state index contributed by atoms with van der Waals surface area (Å²) in [6.07, 6.45) is 26.1. The van der Waals surface area contributed by atoms with Gasteiger partial charge in [-0.2, -0.15) is 0 Å². The average Bonchev–Trinajstić information content (AvgIpc) is 2.96. The number of hydrogen-bond acceptors (Lipinski definition) is 4. The van der Waals surface area contributed by atoms with Gasteiger partial charge in [-0.05, 0) is 47.9 Å². The summed E-state index contributed by atoms with van der Waals surface area (Å²) in [5.41, 5.74) is 2.97. The predicted molar refractivity (Wildman–Crippen MR) is 169 cm³/mol. The molecule has 0 aliphatic heterocycles. The van der Waals surface area contributed by atoms with Gasteiger partial charge < -0.3 is 19.8 Å². The van der Waals surface area contributed by atoms with E-state index in [4.69, 9.17) is 0 Å². The third-order valence-corrected chi connectivity index (χ3v) is 7.52. The van der Waals surface area contributed by atoms with Crippen molar-refractivity contribution in [2.45, 2.75) is 142 Å². The van der Waals surface area contributed by atoms with Crippen LogP contribution in [0.2, 0.25) is 0 Å². The van der Waals surface area contributed by atoms with Crippen LogP contribution >= 0.6 is 0 Å². The Labute approximate surface area is 270 Å². The molecule has 2 aromatic carbocycles. The van der Waals surface area contributed by atoms with Gasteiger partial charge >= 0.3 is 27.3 Å². The van der Waals surface area contributed by atoms with Gasteiger partial charge in [0.2, 0.25) is 0 Å². The third kappa shape index (κ3) is 21.6. The fourth-order valence-corrected chi connectivity index (χ4v) is 4.89. The van der Waals surface area contributed by atoms with Crippen molar-refractivity contribution in [3.05, 3.63) is 70.8 Å². The van der Waals surface area contributed by atoms with Gasteiger partial charge in [0.25, 0.3) is 0 Å². The molecule has 0 aromatic heterocycles. The standard InChI is InChI=1S/2C18H28O2.Pb/c2*1-2-3-4-5-6-7-8-9-10-11-16-12-14-17(15-13-16)18(19)20;/h2*12-15H,2-11H2,1H3,(H,19,20);/q;;+2/p-2. The maximum absolute atomic E-state index is 10.6. The summed E-state index contributed by atoms with van der Waals surface area (Å²) < 4.78 is 0. The van der Waals surface area contributed by atoms with E-state index in [0.29, 0.717) is 0 Å². The second-order valence-electron chi connectivity index (χ2n) is 11.1. The molecule has 4 nitrogen and oxygen atoms in total. The molecule has 0 bridgehead atoms. The van der Waals surface area contributed by atoms with Crippen molar-refractivity contribution >= 4 is 39.2 Å². The van der Waals surface area contributed by atoms with E-state index >= 15 is 0 Å². The van der Waals surface area contributed by atoms with Crippen molar-refractivity contribution in [2.75, 3.05) is 0 Å². The number of carboxylic acids is 2. The molecule has 2 radical (unpaired) electrons. The summed E-state index contributed by atoms with van der Waals surface area (Å²) in [5.74, 6) is -2.20. The van der Waals surface area contributed by atoms with Gasteiger partial charge in [-0.15, -0.1) is 0 Å². The van der Waals surface area contributed by atoms with E-state index in [2.05, 4.69) is 13.8 Å². The summed E-state index contributed by atoms with van der Waals surface area (Å²) >= 11 is 0. The molecular formula is C36H54O4Pb. The van der Waals surface area contributed by atoms with Crippen molar-refractivity contribution in [3.8, 4) is 0 Å². The summed E-state index contributed by atoms with van der Waals surface area (Å²) in [6.45, 7) is 4.50. The molecule has 0 spiro atoms. The molecule has 41 heavy (non-hydrogen) atoms. The number of hydrogen-bond donors (Lipinski definition) is 0. The maximum Gasteiger partial charge on any atom is 2.00 e. The fraction of sp³-hybridized carbons (Fsp3) is 0.611. The van der Waals surface area contributed by atoms with E-state index in [1.54, 1.807) is 24.3 Å². The topological polar surface area (TPSA) is 80.3 Å². The molecule has 0 atom stereocenters. The Morgan fingerprint density at radius 1 is 0.439 bits per heavy atom. The van der Waals surface area contributed by atoms with E-state index in [-0.39, 0.29) is 38.4 Å². The normalized spacial score (nSPS) is 10.4. The van der Waals surface area contributed by atoms with Crippen LogP contribution in [0.1, 0.15) is 161 Å². The molecule has 0 aliphatic carbocycles. The van der Waals surface area contributed by atoms with Gasteiger partial charge in [-0.1, -0.05) is 165 Å². The Kier molecular flexibility index (Phi) is 26.0. The molecule has 0 saturated carbocycles. The first-order valence-corrected chi connectivity index (χ1v) is 16.1. The Hall–Kier alpha value is -1.70. The van der Waals surface area contributed by atoms with E-state index in [9.17, 15) is 19.8 Å². The van der Waals surface area contributed by atoms with Crippen LogP contribution in [0, 0.1) is 0 Å². The zero-order valence-corrected chi connectivity index (χ0v) is 29.8.